The number of benzene rings is 1. The molecule has 1 aromatic carbocycles. The zero-order valence-corrected chi connectivity index (χ0v) is 13.0. The molecule has 0 N–H and O–H groups in total. The van der Waals surface area contributed by atoms with Crippen molar-refractivity contribution in [2.75, 3.05) is 13.4 Å². The monoisotopic (exact) mass is 297 g/mol. The fourth-order valence-electron chi connectivity index (χ4n) is 1.67. The molecule has 0 atom stereocenters. The third-order valence-corrected chi connectivity index (χ3v) is 2.96. The standard InChI is InChI=1S/C14H19NO4S/c1-6-14(15-19-20(5,16)17)12-8-7-11(18-4)9-13(12)10(2)3/h7-9H,2,6H2,1,3-5H3. The van der Waals surface area contributed by atoms with E-state index in [9.17, 15) is 8.42 Å². The Kier molecular flexibility index (Phi) is 5.33. The molecule has 20 heavy (non-hydrogen) atoms. The summed E-state index contributed by atoms with van der Waals surface area (Å²) >= 11 is 0. The zero-order valence-electron chi connectivity index (χ0n) is 12.1. The maximum Gasteiger partial charge on any atom is 0.325 e. The van der Waals surface area contributed by atoms with Crippen molar-refractivity contribution in [3.8, 4) is 5.75 Å². The SMILES string of the molecule is C=C(C)c1cc(OC)ccc1C(CC)=NOS(C)(=O)=O. The predicted molar refractivity (Wildman–Crippen MR) is 80.5 cm³/mol. The van der Waals surface area contributed by atoms with Gasteiger partial charge in [-0.1, -0.05) is 24.2 Å². The summed E-state index contributed by atoms with van der Waals surface area (Å²) in [6.07, 6.45) is 1.49. The molecule has 0 aliphatic heterocycles. The van der Waals surface area contributed by atoms with Gasteiger partial charge >= 0.3 is 10.1 Å². The Morgan fingerprint density at radius 2 is 2.00 bits per heavy atom. The van der Waals surface area contributed by atoms with Gasteiger partial charge in [-0.15, -0.1) is 0 Å². The molecule has 0 aromatic heterocycles. The molecule has 0 saturated heterocycles. The van der Waals surface area contributed by atoms with Gasteiger partial charge in [-0.05, 0) is 37.1 Å². The van der Waals surface area contributed by atoms with Gasteiger partial charge < -0.3 is 4.74 Å². The van der Waals surface area contributed by atoms with Gasteiger partial charge in [-0.25, -0.2) is 0 Å². The highest BCUT2D eigenvalue weighted by atomic mass is 32.2. The first-order valence-electron chi connectivity index (χ1n) is 6.08. The minimum Gasteiger partial charge on any atom is -0.497 e. The lowest BCUT2D eigenvalue weighted by molar-refractivity contribution is 0.342. The highest BCUT2D eigenvalue weighted by Crippen LogP contribution is 2.25. The number of hydrogen-bond acceptors (Lipinski definition) is 5. The van der Waals surface area contributed by atoms with Crippen LogP contribution in [-0.2, 0) is 14.4 Å². The lowest BCUT2D eigenvalue weighted by atomic mass is 9.97. The minimum atomic E-state index is -3.62. The number of allylic oxidation sites excluding steroid dienone is 1. The Balaban J connectivity index is 3.31. The Morgan fingerprint density at radius 1 is 1.35 bits per heavy atom. The van der Waals surface area contributed by atoms with Crippen LogP contribution >= 0.6 is 0 Å². The van der Waals surface area contributed by atoms with Gasteiger partial charge in [0.25, 0.3) is 0 Å². The second-order valence-corrected chi connectivity index (χ2v) is 5.92. The summed E-state index contributed by atoms with van der Waals surface area (Å²) in [6.45, 7) is 7.65. The lowest BCUT2D eigenvalue weighted by Crippen LogP contribution is -2.07. The van der Waals surface area contributed by atoms with Crippen LogP contribution in [0.15, 0.2) is 29.9 Å². The van der Waals surface area contributed by atoms with E-state index < -0.39 is 10.1 Å². The number of nitrogens with zero attached hydrogens (tertiary/aromatic N) is 1. The van der Waals surface area contributed by atoms with Crippen molar-refractivity contribution in [3.05, 3.63) is 35.9 Å². The second kappa shape index (κ2) is 6.56. The largest absolute Gasteiger partial charge is 0.497 e. The van der Waals surface area contributed by atoms with E-state index in [1.807, 2.05) is 26.0 Å². The number of oxime groups is 1. The van der Waals surface area contributed by atoms with Crippen LogP contribution in [0.25, 0.3) is 5.57 Å². The van der Waals surface area contributed by atoms with Crippen molar-refractivity contribution < 1.29 is 17.4 Å². The molecule has 1 rings (SSSR count). The molecule has 0 radical (unpaired) electrons. The van der Waals surface area contributed by atoms with E-state index in [1.165, 1.54) is 0 Å². The molecule has 1 aromatic rings. The van der Waals surface area contributed by atoms with Gasteiger partial charge in [0, 0.05) is 5.56 Å². The molecule has 6 heteroatoms. The topological polar surface area (TPSA) is 65.0 Å². The van der Waals surface area contributed by atoms with E-state index in [0.29, 0.717) is 17.9 Å². The summed E-state index contributed by atoms with van der Waals surface area (Å²) < 4.78 is 31.8. The number of methoxy groups -OCH3 is 1. The number of hydrogen-bond donors (Lipinski definition) is 0. The quantitative estimate of drug-likeness (QED) is 0.598. The molecule has 0 unspecified atom stereocenters. The average Bonchev–Trinajstić information content (AvgIpc) is 2.38. The van der Waals surface area contributed by atoms with Crippen molar-refractivity contribution in [1.29, 1.82) is 0 Å². The van der Waals surface area contributed by atoms with Gasteiger partial charge in [0.15, 0.2) is 0 Å². The van der Waals surface area contributed by atoms with Gasteiger partial charge in [-0.2, -0.15) is 8.42 Å². The first kappa shape index (κ1) is 16.2. The van der Waals surface area contributed by atoms with Crippen LogP contribution in [0.4, 0.5) is 0 Å². The second-order valence-electron chi connectivity index (χ2n) is 4.36. The van der Waals surface area contributed by atoms with E-state index in [-0.39, 0.29) is 0 Å². The van der Waals surface area contributed by atoms with Crippen LogP contribution in [-0.4, -0.2) is 27.5 Å². The Labute approximate surface area is 120 Å². The Hall–Kier alpha value is -1.82. The molecular formula is C14H19NO4S. The summed E-state index contributed by atoms with van der Waals surface area (Å²) in [4.78, 5) is 0. The molecule has 0 fully saturated rings. The molecule has 0 amide bonds. The van der Waals surface area contributed by atoms with Crippen molar-refractivity contribution in [2.45, 2.75) is 20.3 Å². The Bertz CT molecular complexity index is 633. The summed E-state index contributed by atoms with van der Waals surface area (Å²) in [5.41, 5.74) is 3.00. The van der Waals surface area contributed by atoms with Crippen molar-refractivity contribution in [3.63, 3.8) is 0 Å². The molecule has 0 aliphatic rings. The summed E-state index contributed by atoms with van der Waals surface area (Å²) in [7, 11) is -2.04. The summed E-state index contributed by atoms with van der Waals surface area (Å²) in [5, 5.41) is 3.73. The van der Waals surface area contributed by atoms with Crippen LogP contribution < -0.4 is 4.74 Å². The highest BCUT2D eigenvalue weighted by Gasteiger charge is 2.12. The molecule has 0 aliphatic carbocycles. The minimum absolute atomic E-state index is 0.530. The van der Waals surface area contributed by atoms with Crippen LogP contribution in [0.2, 0.25) is 0 Å². The first-order valence-corrected chi connectivity index (χ1v) is 7.90. The van der Waals surface area contributed by atoms with E-state index >= 15 is 0 Å². The molecule has 0 saturated carbocycles. The third-order valence-electron chi connectivity index (χ3n) is 2.62. The summed E-state index contributed by atoms with van der Waals surface area (Å²) in [6, 6.07) is 5.44. The van der Waals surface area contributed by atoms with E-state index in [4.69, 9.17) is 4.74 Å². The fraction of sp³-hybridized carbons (Fsp3) is 0.357. The maximum absolute atomic E-state index is 11.0. The third kappa shape index (κ3) is 4.38. The number of rotatable bonds is 6. The molecule has 0 bridgehead atoms. The number of ether oxygens (including phenoxy) is 1. The normalized spacial score (nSPS) is 12.1. The van der Waals surface area contributed by atoms with Crippen molar-refractivity contribution in [2.24, 2.45) is 5.16 Å². The van der Waals surface area contributed by atoms with Gasteiger partial charge in [0.1, 0.15) is 5.75 Å². The predicted octanol–water partition coefficient (Wildman–Crippen LogP) is 2.82. The van der Waals surface area contributed by atoms with Crippen molar-refractivity contribution in [1.82, 2.24) is 0 Å². The van der Waals surface area contributed by atoms with Crippen LogP contribution in [0.1, 0.15) is 31.4 Å². The molecule has 110 valence electrons. The molecule has 0 spiro atoms. The molecule has 0 heterocycles. The Morgan fingerprint density at radius 3 is 2.45 bits per heavy atom. The summed E-state index contributed by atoms with van der Waals surface area (Å²) in [5.74, 6) is 0.700. The van der Waals surface area contributed by atoms with Crippen LogP contribution in [0.3, 0.4) is 0 Å². The van der Waals surface area contributed by atoms with Gasteiger partial charge in [0.05, 0.1) is 19.1 Å². The van der Waals surface area contributed by atoms with E-state index in [1.54, 1.807) is 13.2 Å². The fourth-order valence-corrected chi connectivity index (χ4v) is 1.90. The van der Waals surface area contributed by atoms with Gasteiger partial charge in [-0.3, -0.25) is 4.28 Å². The van der Waals surface area contributed by atoms with E-state index in [2.05, 4.69) is 16.0 Å². The average molecular weight is 297 g/mol. The zero-order chi connectivity index (χ0) is 15.3. The highest BCUT2D eigenvalue weighted by molar-refractivity contribution is 7.85. The smallest absolute Gasteiger partial charge is 0.325 e. The van der Waals surface area contributed by atoms with Crippen molar-refractivity contribution >= 4 is 21.4 Å². The van der Waals surface area contributed by atoms with Crippen LogP contribution in [0.5, 0.6) is 5.75 Å². The first-order chi connectivity index (χ1) is 9.28. The van der Waals surface area contributed by atoms with E-state index in [0.717, 1.165) is 23.0 Å². The lowest BCUT2D eigenvalue weighted by Gasteiger charge is -2.12. The van der Waals surface area contributed by atoms with Crippen LogP contribution in [0, 0.1) is 0 Å². The van der Waals surface area contributed by atoms with Gasteiger partial charge in [0.2, 0.25) is 0 Å². The molecule has 5 nitrogen and oxygen atoms in total. The molecular weight excluding hydrogens is 278 g/mol. The maximum atomic E-state index is 11.0.